The summed E-state index contributed by atoms with van der Waals surface area (Å²) in [5.41, 5.74) is -1.03. The predicted molar refractivity (Wildman–Crippen MR) is 79.7 cm³/mol. The lowest BCUT2D eigenvalue weighted by Gasteiger charge is -2.37. The molecule has 2 unspecified atom stereocenters. The van der Waals surface area contributed by atoms with Crippen LogP contribution in [0.4, 0.5) is 0 Å². The van der Waals surface area contributed by atoms with Crippen molar-refractivity contribution in [3.63, 3.8) is 0 Å². The maximum absolute atomic E-state index is 12.4. The van der Waals surface area contributed by atoms with Crippen LogP contribution >= 0.6 is 0 Å². The lowest BCUT2D eigenvalue weighted by atomic mass is 9.70. The van der Waals surface area contributed by atoms with Gasteiger partial charge in [-0.05, 0) is 19.8 Å². The van der Waals surface area contributed by atoms with Crippen molar-refractivity contribution in [2.24, 2.45) is 5.92 Å². The molecule has 1 aliphatic carbocycles. The fraction of sp³-hybridized carbons (Fsp3) is 0.529. The fourth-order valence-electron chi connectivity index (χ4n) is 2.81. The minimum Gasteiger partial charge on any atom is -0.381 e. The Hall–Kier alpha value is -1.48. The standard InChI is InChI=1S/C15H18O3.C2H6/c1-11(16)13-9-5-6-10-15(13,18)14(17)12-7-3-2-4-8-12;1-2/h2-4,7-8,13,18H,5-6,9-10H2,1H3;1-2H3. The summed E-state index contributed by atoms with van der Waals surface area (Å²) in [4.78, 5) is 24.1. The van der Waals surface area contributed by atoms with Gasteiger partial charge in [-0.15, -0.1) is 0 Å². The number of Topliss-reactive ketones (excluding diaryl/α,β-unsaturated/α-hetero) is 2. The third kappa shape index (κ3) is 3.34. The highest BCUT2D eigenvalue weighted by molar-refractivity contribution is 6.05. The summed E-state index contributed by atoms with van der Waals surface area (Å²) in [7, 11) is 0. The molecule has 20 heavy (non-hydrogen) atoms. The number of benzene rings is 1. The van der Waals surface area contributed by atoms with Crippen LogP contribution < -0.4 is 0 Å². The van der Waals surface area contributed by atoms with Crippen molar-refractivity contribution in [1.29, 1.82) is 0 Å². The van der Waals surface area contributed by atoms with E-state index in [4.69, 9.17) is 0 Å². The van der Waals surface area contributed by atoms with Crippen molar-refractivity contribution in [1.82, 2.24) is 0 Å². The molecule has 0 heterocycles. The molecule has 0 amide bonds. The summed E-state index contributed by atoms with van der Waals surface area (Å²) in [5.74, 6) is -0.969. The van der Waals surface area contributed by atoms with Crippen molar-refractivity contribution < 1.29 is 14.7 Å². The molecule has 0 saturated heterocycles. The lowest BCUT2D eigenvalue weighted by molar-refractivity contribution is -0.130. The second-order valence-electron chi connectivity index (χ2n) is 5.03. The van der Waals surface area contributed by atoms with E-state index >= 15 is 0 Å². The minimum absolute atomic E-state index is 0.0959. The van der Waals surface area contributed by atoms with E-state index in [1.54, 1.807) is 24.3 Å². The van der Waals surface area contributed by atoms with Gasteiger partial charge in [0.15, 0.2) is 5.78 Å². The van der Waals surface area contributed by atoms with Crippen LogP contribution in [0.15, 0.2) is 30.3 Å². The Morgan fingerprint density at radius 3 is 2.30 bits per heavy atom. The number of aliphatic hydroxyl groups is 1. The number of carbonyl (C=O) groups excluding carboxylic acids is 2. The number of ketones is 2. The largest absolute Gasteiger partial charge is 0.381 e. The summed E-state index contributed by atoms with van der Waals surface area (Å²) < 4.78 is 0. The van der Waals surface area contributed by atoms with Crippen molar-refractivity contribution in [2.75, 3.05) is 0 Å². The van der Waals surface area contributed by atoms with Crippen molar-refractivity contribution >= 4 is 11.6 Å². The molecule has 2 rings (SSSR count). The first-order valence-electron chi connectivity index (χ1n) is 7.38. The Morgan fingerprint density at radius 1 is 1.15 bits per heavy atom. The second-order valence-corrected chi connectivity index (χ2v) is 5.03. The highest BCUT2D eigenvalue weighted by atomic mass is 16.3. The zero-order valence-corrected chi connectivity index (χ0v) is 12.6. The summed E-state index contributed by atoms with van der Waals surface area (Å²) in [6.07, 6.45) is 2.67. The molecule has 0 bridgehead atoms. The maximum Gasteiger partial charge on any atom is 0.195 e. The Labute approximate surface area is 121 Å². The summed E-state index contributed by atoms with van der Waals surface area (Å²) >= 11 is 0. The molecule has 1 aromatic carbocycles. The average molecular weight is 276 g/mol. The fourth-order valence-corrected chi connectivity index (χ4v) is 2.81. The SMILES string of the molecule is CC.CC(=O)C1CCCCC1(O)C(=O)c1ccccc1. The smallest absolute Gasteiger partial charge is 0.195 e. The Balaban J connectivity index is 0.000000956. The van der Waals surface area contributed by atoms with E-state index in [0.717, 1.165) is 12.8 Å². The van der Waals surface area contributed by atoms with Crippen LogP contribution in [0.1, 0.15) is 56.8 Å². The van der Waals surface area contributed by atoms with Gasteiger partial charge in [0.2, 0.25) is 0 Å². The molecule has 3 nitrogen and oxygen atoms in total. The number of rotatable bonds is 3. The molecule has 1 aliphatic rings. The minimum atomic E-state index is -1.51. The highest BCUT2D eigenvalue weighted by Crippen LogP contribution is 2.36. The molecule has 2 atom stereocenters. The molecule has 0 radical (unpaired) electrons. The Kier molecular flexibility index (Phi) is 6.08. The van der Waals surface area contributed by atoms with Gasteiger partial charge in [-0.25, -0.2) is 0 Å². The van der Waals surface area contributed by atoms with Crippen LogP contribution in [0.2, 0.25) is 0 Å². The van der Waals surface area contributed by atoms with Gasteiger partial charge in [0.25, 0.3) is 0 Å². The average Bonchev–Trinajstić information content (AvgIpc) is 2.49. The van der Waals surface area contributed by atoms with Crippen LogP contribution in [0.3, 0.4) is 0 Å². The monoisotopic (exact) mass is 276 g/mol. The molecule has 1 fully saturated rings. The maximum atomic E-state index is 12.4. The van der Waals surface area contributed by atoms with Gasteiger partial charge in [-0.3, -0.25) is 9.59 Å². The molecular weight excluding hydrogens is 252 g/mol. The van der Waals surface area contributed by atoms with E-state index in [0.29, 0.717) is 18.4 Å². The van der Waals surface area contributed by atoms with Crippen LogP contribution in [0.5, 0.6) is 0 Å². The molecule has 3 heteroatoms. The molecule has 110 valence electrons. The van der Waals surface area contributed by atoms with E-state index < -0.39 is 11.5 Å². The van der Waals surface area contributed by atoms with E-state index in [1.165, 1.54) is 6.92 Å². The molecule has 0 aliphatic heterocycles. The van der Waals surface area contributed by atoms with Gasteiger partial charge in [0, 0.05) is 5.56 Å². The summed E-state index contributed by atoms with van der Waals surface area (Å²) in [5, 5.41) is 10.7. The first kappa shape index (κ1) is 16.6. The first-order valence-corrected chi connectivity index (χ1v) is 7.38. The van der Waals surface area contributed by atoms with Gasteiger partial charge >= 0.3 is 0 Å². The van der Waals surface area contributed by atoms with E-state index in [9.17, 15) is 14.7 Å². The van der Waals surface area contributed by atoms with E-state index in [-0.39, 0.29) is 11.6 Å². The summed E-state index contributed by atoms with van der Waals surface area (Å²) in [6.45, 7) is 5.46. The van der Waals surface area contributed by atoms with E-state index in [2.05, 4.69) is 0 Å². The zero-order valence-electron chi connectivity index (χ0n) is 12.6. The van der Waals surface area contributed by atoms with Crippen LogP contribution in [0.25, 0.3) is 0 Å². The molecule has 1 saturated carbocycles. The van der Waals surface area contributed by atoms with Crippen LogP contribution in [0, 0.1) is 5.92 Å². The normalized spacial score (nSPS) is 25.3. The molecule has 0 spiro atoms. The van der Waals surface area contributed by atoms with Crippen molar-refractivity contribution in [3.8, 4) is 0 Å². The molecule has 1 aromatic rings. The van der Waals surface area contributed by atoms with Gasteiger partial charge in [-0.2, -0.15) is 0 Å². The number of carbonyl (C=O) groups is 2. The van der Waals surface area contributed by atoms with Gasteiger partial charge in [-0.1, -0.05) is 57.0 Å². The van der Waals surface area contributed by atoms with Crippen LogP contribution in [-0.4, -0.2) is 22.3 Å². The Bertz CT molecular complexity index is 453. The topological polar surface area (TPSA) is 54.4 Å². The van der Waals surface area contributed by atoms with Gasteiger partial charge in [0.1, 0.15) is 11.4 Å². The van der Waals surface area contributed by atoms with E-state index in [1.807, 2.05) is 19.9 Å². The third-order valence-electron chi connectivity index (χ3n) is 3.80. The quantitative estimate of drug-likeness (QED) is 0.861. The summed E-state index contributed by atoms with van der Waals surface area (Å²) in [6, 6.07) is 8.73. The second kappa shape index (κ2) is 7.34. The number of hydrogen-bond acceptors (Lipinski definition) is 3. The highest BCUT2D eigenvalue weighted by Gasteiger charge is 2.47. The van der Waals surface area contributed by atoms with Crippen LogP contribution in [-0.2, 0) is 4.79 Å². The lowest BCUT2D eigenvalue weighted by Crippen LogP contribution is -2.50. The van der Waals surface area contributed by atoms with Gasteiger partial charge < -0.3 is 5.11 Å². The molecule has 0 aromatic heterocycles. The predicted octanol–water partition coefficient (Wildman–Crippen LogP) is 3.41. The number of hydrogen-bond donors (Lipinski definition) is 1. The molecular formula is C17H24O3. The molecule has 1 N–H and O–H groups in total. The Morgan fingerprint density at radius 2 is 1.75 bits per heavy atom. The van der Waals surface area contributed by atoms with Crippen molar-refractivity contribution in [3.05, 3.63) is 35.9 Å². The third-order valence-corrected chi connectivity index (χ3v) is 3.80. The van der Waals surface area contributed by atoms with Gasteiger partial charge in [0.05, 0.1) is 5.92 Å². The zero-order chi connectivity index (χ0) is 15.2. The van der Waals surface area contributed by atoms with Crippen molar-refractivity contribution in [2.45, 2.75) is 52.1 Å². The first-order chi connectivity index (χ1) is 9.55.